The van der Waals surface area contributed by atoms with E-state index in [4.69, 9.17) is 16.3 Å². The molecule has 1 aliphatic rings. The summed E-state index contributed by atoms with van der Waals surface area (Å²) in [7, 11) is 1.57. The molecule has 3 rings (SSSR count). The van der Waals surface area contributed by atoms with Crippen LogP contribution in [0, 0.1) is 0 Å². The molecule has 0 radical (unpaired) electrons. The van der Waals surface area contributed by atoms with E-state index in [1.807, 2.05) is 12.1 Å². The van der Waals surface area contributed by atoms with Gasteiger partial charge in [0.15, 0.2) is 0 Å². The normalized spacial score (nSPS) is 18.3. The molecule has 2 aromatic rings. The summed E-state index contributed by atoms with van der Waals surface area (Å²) in [4.78, 5) is 15.2. The number of alkyl halides is 3. The molecule has 1 heterocycles. The van der Waals surface area contributed by atoms with E-state index < -0.39 is 28.7 Å². The number of hydrogen-bond donors (Lipinski definition) is 1. The Labute approximate surface area is 179 Å². The zero-order valence-corrected chi connectivity index (χ0v) is 17.6. The average molecular weight is 441 g/mol. The maximum absolute atomic E-state index is 13.2. The van der Waals surface area contributed by atoms with Crippen molar-refractivity contribution in [2.75, 3.05) is 20.2 Å². The van der Waals surface area contributed by atoms with Crippen molar-refractivity contribution >= 4 is 17.5 Å². The van der Waals surface area contributed by atoms with Gasteiger partial charge in [0.05, 0.1) is 29.3 Å². The van der Waals surface area contributed by atoms with Crippen LogP contribution in [0.3, 0.4) is 0 Å². The Morgan fingerprint density at radius 3 is 2.53 bits per heavy atom. The van der Waals surface area contributed by atoms with Gasteiger partial charge in [-0.05, 0) is 56.1 Å². The number of nitrogens with one attached hydrogen (secondary N) is 1. The highest BCUT2D eigenvalue weighted by Gasteiger charge is 2.35. The molecule has 162 valence electrons. The molecular weight excluding hydrogens is 417 g/mol. The molecule has 1 fully saturated rings. The van der Waals surface area contributed by atoms with Gasteiger partial charge >= 0.3 is 6.18 Å². The van der Waals surface area contributed by atoms with Crippen LogP contribution in [0.5, 0.6) is 5.75 Å². The maximum atomic E-state index is 13.2. The lowest BCUT2D eigenvalue weighted by Gasteiger charge is -2.28. The van der Waals surface area contributed by atoms with Crippen molar-refractivity contribution in [3.05, 3.63) is 64.2 Å². The predicted molar refractivity (Wildman–Crippen MR) is 110 cm³/mol. The molecule has 2 aromatic carbocycles. The van der Waals surface area contributed by atoms with Crippen LogP contribution < -0.4 is 10.1 Å². The standard InChI is InChI=1S/C22H24ClF3N2O2/c1-14-5-4-12-28(14)13-19(15-8-10-16(30-2)11-9-15)27-21(29)17-6-3-7-18(20(17)23)22(24,25)26/h3,6-11,14,19H,4-5,12-13H2,1-2H3,(H,27,29)/t14?,19-/m1/s1. The Hall–Kier alpha value is -2.25. The summed E-state index contributed by atoms with van der Waals surface area (Å²) in [5.41, 5.74) is -0.378. The number of methoxy groups -OCH3 is 1. The van der Waals surface area contributed by atoms with Crippen molar-refractivity contribution in [1.82, 2.24) is 10.2 Å². The van der Waals surface area contributed by atoms with Gasteiger partial charge < -0.3 is 10.1 Å². The van der Waals surface area contributed by atoms with E-state index in [-0.39, 0.29) is 5.56 Å². The molecular formula is C22H24ClF3N2O2. The molecule has 0 aromatic heterocycles. The van der Waals surface area contributed by atoms with Gasteiger partial charge in [-0.3, -0.25) is 9.69 Å². The minimum absolute atomic E-state index is 0.195. The Morgan fingerprint density at radius 2 is 1.97 bits per heavy atom. The molecule has 1 amide bonds. The van der Waals surface area contributed by atoms with Gasteiger partial charge in [0.2, 0.25) is 0 Å². The quantitative estimate of drug-likeness (QED) is 0.660. The molecule has 1 saturated heterocycles. The molecule has 2 atom stereocenters. The highest BCUT2D eigenvalue weighted by atomic mass is 35.5. The molecule has 0 saturated carbocycles. The molecule has 0 spiro atoms. The van der Waals surface area contributed by atoms with Gasteiger partial charge in [-0.1, -0.05) is 29.8 Å². The second-order valence-corrected chi connectivity index (χ2v) is 7.83. The van der Waals surface area contributed by atoms with Crippen LogP contribution in [0.25, 0.3) is 0 Å². The smallest absolute Gasteiger partial charge is 0.417 e. The molecule has 0 aliphatic carbocycles. The summed E-state index contributed by atoms with van der Waals surface area (Å²) >= 11 is 5.94. The topological polar surface area (TPSA) is 41.6 Å². The Balaban J connectivity index is 1.87. The minimum Gasteiger partial charge on any atom is -0.497 e. The molecule has 0 bridgehead atoms. The van der Waals surface area contributed by atoms with Gasteiger partial charge in [-0.2, -0.15) is 13.2 Å². The number of likely N-dealkylation sites (tertiary alicyclic amines) is 1. The van der Waals surface area contributed by atoms with E-state index >= 15 is 0 Å². The first-order valence-electron chi connectivity index (χ1n) is 9.75. The number of benzene rings is 2. The van der Waals surface area contributed by atoms with E-state index in [9.17, 15) is 18.0 Å². The summed E-state index contributed by atoms with van der Waals surface area (Å²) in [5.74, 6) is 0.0399. The van der Waals surface area contributed by atoms with Crippen molar-refractivity contribution in [2.45, 2.75) is 38.0 Å². The lowest BCUT2D eigenvalue weighted by atomic mass is 10.0. The molecule has 1 unspecified atom stereocenters. The third-order valence-corrected chi connectivity index (χ3v) is 5.89. The Bertz CT molecular complexity index is 887. The number of carbonyl (C=O) groups excluding carboxylic acids is 1. The molecule has 1 N–H and O–H groups in total. The van der Waals surface area contributed by atoms with Crippen LogP contribution in [0.4, 0.5) is 13.2 Å². The van der Waals surface area contributed by atoms with Gasteiger partial charge in [0.1, 0.15) is 5.75 Å². The van der Waals surface area contributed by atoms with Crippen molar-refractivity contribution < 1.29 is 22.7 Å². The largest absolute Gasteiger partial charge is 0.497 e. The van der Waals surface area contributed by atoms with E-state index in [2.05, 4.69) is 17.1 Å². The number of ether oxygens (including phenoxy) is 1. The van der Waals surface area contributed by atoms with Crippen LogP contribution in [-0.2, 0) is 6.18 Å². The van der Waals surface area contributed by atoms with E-state index in [1.54, 1.807) is 19.2 Å². The Morgan fingerprint density at radius 1 is 1.27 bits per heavy atom. The average Bonchev–Trinajstić information content (AvgIpc) is 3.11. The lowest BCUT2D eigenvalue weighted by Crippen LogP contribution is -2.39. The van der Waals surface area contributed by atoms with Crippen LogP contribution in [-0.4, -0.2) is 37.0 Å². The van der Waals surface area contributed by atoms with Crippen molar-refractivity contribution in [3.8, 4) is 5.75 Å². The second kappa shape index (κ2) is 9.27. The summed E-state index contributed by atoms with van der Waals surface area (Å²) in [5, 5.41) is 2.29. The van der Waals surface area contributed by atoms with Gasteiger partial charge in [-0.25, -0.2) is 0 Å². The van der Waals surface area contributed by atoms with Crippen LogP contribution in [0.2, 0.25) is 5.02 Å². The fourth-order valence-corrected chi connectivity index (χ4v) is 4.05. The van der Waals surface area contributed by atoms with Gasteiger partial charge in [0, 0.05) is 12.6 Å². The third kappa shape index (κ3) is 5.08. The van der Waals surface area contributed by atoms with Crippen LogP contribution in [0.1, 0.15) is 47.3 Å². The lowest BCUT2D eigenvalue weighted by molar-refractivity contribution is -0.137. The summed E-state index contributed by atoms with van der Waals surface area (Å²) < 4.78 is 44.7. The molecule has 30 heavy (non-hydrogen) atoms. The minimum atomic E-state index is -4.63. The fourth-order valence-electron chi connectivity index (χ4n) is 3.73. The highest BCUT2D eigenvalue weighted by Crippen LogP contribution is 2.36. The Kier molecular flexibility index (Phi) is 6.93. The number of nitrogens with zero attached hydrogens (tertiary/aromatic N) is 1. The van der Waals surface area contributed by atoms with E-state index in [0.29, 0.717) is 18.3 Å². The van der Waals surface area contributed by atoms with E-state index in [0.717, 1.165) is 31.0 Å². The molecule has 4 nitrogen and oxygen atoms in total. The number of halogens is 4. The summed E-state index contributed by atoms with van der Waals surface area (Å²) in [6, 6.07) is 10.6. The molecule has 1 aliphatic heterocycles. The van der Waals surface area contributed by atoms with Crippen molar-refractivity contribution in [3.63, 3.8) is 0 Å². The maximum Gasteiger partial charge on any atom is 0.417 e. The number of amides is 1. The zero-order valence-electron chi connectivity index (χ0n) is 16.8. The van der Waals surface area contributed by atoms with Gasteiger partial charge in [-0.15, -0.1) is 0 Å². The predicted octanol–water partition coefficient (Wildman–Crippen LogP) is 5.32. The first-order valence-corrected chi connectivity index (χ1v) is 10.1. The third-order valence-electron chi connectivity index (χ3n) is 5.48. The monoisotopic (exact) mass is 440 g/mol. The summed E-state index contributed by atoms with van der Waals surface area (Å²) in [6.07, 6.45) is -2.49. The fraction of sp³-hybridized carbons (Fsp3) is 0.409. The second-order valence-electron chi connectivity index (χ2n) is 7.45. The van der Waals surface area contributed by atoms with Gasteiger partial charge in [0.25, 0.3) is 5.91 Å². The van der Waals surface area contributed by atoms with E-state index in [1.165, 1.54) is 12.1 Å². The zero-order chi connectivity index (χ0) is 21.9. The number of hydrogen-bond acceptors (Lipinski definition) is 3. The van der Waals surface area contributed by atoms with Crippen LogP contribution >= 0.6 is 11.6 Å². The number of rotatable bonds is 6. The number of carbonyl (C=O) groups is 1. The SMILES string of the molecule is COc1ccc([C@@H](CN2CCCC2C)NC(=O)c2cccc(C(F)(F)F)c2Cl)cc1. The highest BCUT2D eigenvalue weighted by molar-refractivity contribution is 6.34. The van der Waals surface area contributed by atoms with Crippen molar-refractivity contribution in [1.29, 1.82) is 0 Å². The first kappa shape index (κ1) is 22.4. The first-order chi connectivity index (χ1) is 14.2. The van der Waals surface area contributed by atoms with Crippen LogP contribution in [0.15, 0.2) is 42.5 Å². The molecule has 8 heteroatoms. The summed E-state index contributed by atoms with van der Waals surface area (Å²) in [6.45, 7) is 3.59. The van der Waals surface area contributed by atoms with Crippen molar-refractivity contribution in [2.24, 2.45) is 0 Å².